The average Bonchev–Trinajstić information content (AvgIpc) is 2.98. The van der Waals surface area contributed by atoms with Crippen molar-refractivity contribution in [3.63, 3.8) is 0 Å². The quantitative estimate of drug-likeness (QED) is 0.525. The van der Waals surface area contributed by atoms with Crippen LogP contribution in [0.4, 0.5) is 11.5 Å². The molecule has 2 aromatic heterocycles. The van der Waals surface area contributed by atoms with Crippen molar-refractivity contribution in [3.8, 4) is 0 Å². The molecule has 2 aromatic rings. The number of anilines is 2. The van der Waals surface area contributed by atoms with Crippen LogP contribution in [-0.4, -0.2) is 54.3 Å². The number of rotatable bonds is 2. The van der Waals surface area contributed by atoms with Gasteiger partial charge in [-0.15, -0.1) is 0 Å². The van der Waals surface area contributed by atoms with E-state index in [-0.39, 0.29) is 6.30 Å². The lowest BCUT2D eigenvalue weighted by Gasteiger charge is -2.27. The van der Waals surface area contributed by atoms with Crippen molar-refractivity contribution in [2.24, 2.45) is 0 Å². The molecule has 0 aliphatic carbocycles. The second kappa shape index (κ2) is 5.27. The number of hydrogen-bond acceptors (Lipinski definition) is 8. The van der Waals surface area contributed by atoms with Crippen LogP contribution < -0.4 is 10.6 Å². The number of aliphatic hydroxyl groups excluding tert-OH is 2. The Labute approximate surface area is 144 Å². The van der Waals surface area contributed by atoms with Gasteiger partial charge in [-0.2, -0.15) is 0 Å². The number of nitrogens with one attached hydrogen (secondary N) is 2. The molecule has 0 spiro atoms. The van der Waals surface area contributed by atoms with E-state index in [1.807, 2.05) is 0 Å². The van der Waals surface area contributed by atoms with Gasteiger partial charge in [0.2, 0.25) is 0 Å². The van der Waals surface area contributed by atoms with Crippen LogP contribution in [0.3, 0.4) is 0 Å². The van der Waals surface area contributed by atoms with E-state index in [2.05, 4.69) is 33.8 Å². The molecule has 0 saturated carbocycles. The summed E-state index contributed by atoms with van der Waals surface area (Å²) in [4.78, 5) is 8.26. The molecule has 25 heavy (non-hydrogen) atoms. The molecule has 4 heterocycles. The highest BCUT2D eigenvalue weighted by Crippen LogP contribution is 2.43. The summed E-state index contributed by atoms with van der Waals surface area (Å²) < 4.78 is 15.1. The zero-order valence-corrected chi connectivity index (χ0v) is 13.5. The van der Waals surface area contributed by atoms with Crippen molar-refractivity contribution in [1.82, 2.24) is 14.5 Å². The van der Waals surface area contributed by atoms with E-state index in [9.17, 15) is 15.3 Å². The molecule has 132 valence electrons. The van der Waals surface area contributed by atoms with Gasteiger partial charge in [0, 0.05) is 6.20 Å². The molecule has 9 nitrogen and oxygen atoms in total. The minimum Gasteiger partial charge on any atom is -0.394 e. The molecule has 4 rings (SSSR count). The summed E-state index contributed by atoms with van der Waals surface area (Å²) in [6, 6.07) is 0. The third kappa shape index (κ3) is 2.17. The third-order valence-electron chi connectivity index (χ3n) is 4.67. The molecular formula is C16H19N5O4. The fourth-order valence-electron chi connectivity index (χ4n) is 3.25. The van der Waals surface area contributed by atoms with E-state index in [1.54, 1.807) is 6.20 Å². The molecule has 4 atom stereocenters. The smallest absolute Gasteiger partial charge is 0.167 e. The number of nitrogens with zero attached hydrogens (tertiary/aromatic N) is 3. The van der Waals surface area contributed by atoms with Crippen LogP contribution in [-0.2, 0) is 4.74 Å². The fourth-order valence-corrected chi connectivity index (χ4v) is 3.25. The first-order valence-electron chi connectivity index (χ1n) is 8.22. The fraction of sp³-hybridized carbons (Fsp3) is 0.375. The predicted octanol–water partition coefficient (Wildman–Crippen LogP) is 0.298. The van der Waals surface area contributed by atoms with Crippen LogP contribution >= 0.6 is 0 Å². The second-order valence-corrected chi connectivity index (χ2v) is 6.41. The summed E-state index contributed by atoms with van der Waals surface area (Å²) in [6.07, 6.45) is -1.85. The van der Waals surface area contributed by atoms with Crippen molar-refractivity contribution in [2.75, 3.05) is 17.2 Å². The van der Waals surface area contributed by atoms with Crippen molar-refractivity contribution in [1.29, 1.82) is 0 Å². The van der Waals surface area contributed by atoms with Crippen molar-refractivity contribution in [2.45, 2.75) is 31.0 Å². The largest absolute Gasteiger partial charge is 0.394 e. The van der Waals surface area contributed by atoms with E-state index in [0.29, 0.717) is 33.9 Å². The summed E-state index contributed by atoms with van der Waals surface area (Å²) in [5.74, 6) is 0.377. The van der Waals surface area contributed by atoms with Crippen LogP contribution in [0.1, 0.15) is 14.5 Å². The summed E-state index contributed by atoms with van der Waals surface area (Å²) in [5.41, 5.74) is 0.260. The van der Waals surface area contributed by atoms with Gasteiger partial charge in [-0.25, -0.2) is 9.97 Å². The van der Waals surface area contributed by atoms with Gasteiger partial charge < -0.3 is 35.3 Å². The van der Waals surface area contributed by atoms with Gasteiger partial charge in [-0.05, 0) is 6.92 Å². The Hall–Kier alpha value is -2.46. The van der Waals surface area contributed by atoms with Gasteiger partial charge in [-0.3, -0.25) is 0 Å². The zero-order chi connectivity index (χ0) is 18.8. The van der Waals surface area contributed by atoms with E-state index < -0.39 is 30.6 Å². The Morgan fingerprint density at radius 1 is 1.40 bits per heavy atom. The van der Waals surface area contributed by atoms with Gasteiger partial charge in [0.15, 0.2) is 6.23 Å². The predicted molar refractivity (Wildman–Crippen MR) is 90.7 cm³/mol. The first-order valence-corrected chi connectivity index (χ1v) is 7.72. The lowest BCUT2D eigenvalue weighted by Crippen LogP contribution is -2.44. The second-order valence-electron chi connectivity index (χ2n) is 6.41. The molecule has 1 saturated heterocycles. The highest BCUT2D eigenvalue weighted by Gasteiger charge is 2.53. The number of aliphatic hydroxyl groups is 3. The highest BCUT2D eigenvalue weighted by atomic mass is 16.6. The molecule has 0 radical (unpaired) electrons. The average molecular weight is 347 g/mol. The molecule has 5 N–H and O–H groups in total. The Morgan fingerprint density at radius 3 is 2.80 bits per heavy atom. The lowest BCUT2D eigenvalue weighted by atomic mass is 9.96. The first-order chi connectivity index (χ1) is 12.2. The molecule has 1 unspecified atom stereocenters. The van der Waals surface area contributed by atoms with Gasteiger partial charge in [0.1, 0.15) is 36.9 Å². The van der Waals surface area contributed by atoms with Crippen LogP contribution in [0.5, 0.6) is 0 Å². The van der Waals surface area contributed by atoms with Crippen molar-refractivity contribution < 1.29 is 21.4 Å². The van der Waals surface area contributed by atoms with E-state index in [4.69, 9.17) is 6.11 Å². The topological polar surface area (TPSA) is 125 Å². The molecule has 0 amide bonds. The maximum absolute atomic E-state index is 10.8. The molecule has 2 aliphatic heterocycles. The Morgan fingerprint density at radius 2 is 2.12 bits per heavy atom. The zero-order valence-electron chi connectivity index (χ0n) is 14.5. The molecule has 1 fully saturated rings. The summed E-state index contributed by atoms with van der Waals surface area (Å²) >= 11 is 0. The SMILES string of the molecule is [3H]c1nc2c3c(cn([C@@H]4O[C@H](CO)[C@@H](O)C4(C)O)c3n1)NC(=C)C(=C)N2. The summed E-state index contributed by atoms with van der Waals surface area (Å²) in [7, 11) is 0. The number of ether oxygens (including phenoxy) is 1. The van der Waals surface area contributed by atoms with E-state index >= 15 is 0 Å². The van der Waals surface area contributed by atoms with Gasteiger partial charge in [0.05, 0.1) is 29.1 Å². The lowest BCUT2D eigenvalue weighted by molar-refractivity contribution is -0.0947. The molecular weight excluding hydrogens is 326 g/mol. The maximum Gasteiger partial charge on any atom is 0.167 e. The Kier molecular flexibility index (Phi) is 3.13. The van der Waals surface area contributed by atoms with Gasteiger partial charge in [-0.1, -0.05) is 13.2 Å². The van der Waals surface area contributed by atoms with Crippen molar-refractivity contribution >= 4 is 22.5 Å². The maximum atomic E-state index is 10.8. The number of aromatic nitrogens is 3. The monoisotopic (exact) mass is 347 g/mol. The normalized spacial score (nSPS) is 32.3. The summed E-state index contributed by atoms with van der Waals surface area (Å²) in [6.45, 7) is 8.73. The van der Waals surface area contributed by atoms with Crippen LogP contribution in [0, 0.1) is 0 Å². The minimum absolute atomic E-state index is 0.233. The van der Waals surface area contributed by atoms with Crippen LogP contribution in [0.2, 0.25) is 0 Å². The molecule has 0 bridgehead atoms. The molecule has 0 aromatic carbocycles. The van der Waals surface area contributed by atoms with Crippen LogP contribution in [0.15, 0.2) is 37.1 Å². The van der Waals surface area contributed by atoms with Gasteiger partial charge >= 0.3 is 0 Å². The number of hydrogen-bond donors (Lipinski definition) is 5. The van der Waals surface area contributed by atoms with E-state index in [1.165, 1.54) is 11.5 Å². The van der Waals surface area contributed by atoms with Crippen LogP contribution in [0.25, 0.3) is 11.0 Å². The standard InChI is InChI=1S/C16H19N5O4/c1-7-8(2)20-13-11-9(19-7)4-21(14(11)18-6-17-13)15-16(3,24)12(23)10(5-22)25-15/h4,6,10,12,15,19,22-24H,1-2,5H2,3H3,(H,17,18,20)/t10-,12-,15-,16?/m1/s1/i6T. The highest BCUT2D eigenvalue weighted by molar-refractivity contribution is 6.01. The molecule has 2 aliphatic rings. The third-order valence-corrected chi connectivity index (χ3v) is 4.67. The van der Waals surface area contributed by atoms with E-state index in [0.717, 1.165) is 0 Å². The molecule has 9 heteroatoms. The minimum atomic E-state index is -1.68. The van der Waals surface area contributed by atoms with Gasteiger partial charge in [0.25, 0.3) is 0 Å². The Bertz CT molecular complexity index is 940. The first kappa shape index (κ1) is 14.8. The summed E-state index contributed by atoms with van der Waals surface area (Å²) in [5, 5.41) is 37.1. The van der Waals surface area contributed by atoms with Crippen molar-refractivity contribution in [3.05, 3.63) is 37.1 Å². The Balaban J connectivity index is 1.93.